The Kier molecular flexibility index (Phi) is 6.18. The number of nitrogens with one attached hydrogen (secondary N) is 1. The maximum atomic E-state index is 12.0. The number of pyridine rings is 2. The summed E-state index contributed by atoms with van der Waals surface area (Å²) in [7, 11) is 0. The number of benzene rings is 1. The standard InChI is InChI=1S/C21H18N4OS/c1-15-4-6-16(7-5-15)19-9-8-17(13-22)21(25-19)27-12-10-20(26)24-18-3-2-11-23-14-18/h2-9,11,14H,10,12H2,1H3,(H,24,26). The SMILES string of the molecule is Cc1ccc(-c2ccc(C#N)c(SCCC(=O)Nc3cccnc3)n2)cc1. The molecule has 0 aliphatic rings. The number of nitriles is 1. The molecule has 3 aromatic rings. The smallest absolute Gasteiger partial charge is 0.225 e. The number of hydrogen-bond acceptors (Lipinski definition) is 5. The molecule has 0 saturated carbocycles. The molecule has 0 spiro atoms. The van der Waals surface area contributed by atoms with Crippen molar-refractivity contribution in [3.63, 3.8) is 0 Å². The number of amides is 1. The van der Waals surface area contributed by atoms with Crippen LogP contribution in [0.1, 0.15) is 17.5 Å². The van der Waals surface area contributed by atoms with E-state index in [1.165, 1.54) is 17.3 Å². The molecule has 0 aliphatic carbocycles. The molecule has 0 atom stereocenters. The Hall–Kier alpha value is -3.17. The van der Waals surface area contributed by atoms with Gasteiger partial charge in [-0.15, -0.1) is 11.8 Å². The van der Waals surface area contributed by atoms with Gasteiger partial charge in [0.1, 0.15) is 11.1 Å². The molecule has 1 N–H and O–H groups in total. The summed E-state index contributed by atoms with van der Waals surface area (Å²) in [4.78, 5) is 20.6. The molecule has 0 unspecified atom stereocenters. The van der Waals surface area contributed by atoms with Gasteiger partial charge in [0.05, 0.1) is 23.1 Å². The van der Waals surface area contributed by atoms with Crippen LogP contribution in [0, 0.1) is 18.3 Å². The zero-order valence-electron chi connectivity index (χ0n) is 14.8. The first-order chi connectivity index (χ1) is 13.2. The molecule has 2 aromatic heterocycles. The van der Waals surface area contributed by atoms with Gasteiger partial charge in [0.25, 0.3) is 0 Å². The highest BCUT2D eigenvalue weighted by atomic mass is 32.2. The first kappa shape index (κ1) is 18.6. The Morgan fingerprint density at radius 1 is 1.19 bits per heavy atom. The van der Waals surface area contributed by atoms with Crippen LogP contribution in [0.4, 0.5) is 5.69 Å². The van der Waals surface area contributed by atoms with Gasteiger partial charge in [0.15, 0.2) is 0 Å². The maximum Gasteiger partial charge on any atom is 0.225 e. The Morgan fingerprint density at radius 2 is 2.00 bits per heavy atom. The Labute approximate surface area is 162 Å². The van der Waals surface area contributed by atoms with Crippen molar-refractivity contribution >= 4 is 23.4 Å². The zero-order chi connectivity index (χ0) is 19.1. The van der Waals surface area contributed by atoms with Crippen molar-refractivity contribution in [2.24, 2.45) is 0 Å². The Bertz CT molecular complexity index is 966. The number of carbonyl (C=O) groups is 1. The minimum atomic E-state index is -0.0938. The van der Waals surface area contributed by atoms with Crippen LogP contribution in [0.15, 0.2) is 66.0 Å². The van der Waals surface area contributed by atoms with Crippen LogP contribution < -0.4 is 5.32 Å². The van der Waals surface area contributed by atoms with E-state index in [2.05, 4.69) is 21.4 Å². The lowest BCUT2D eigenvalue weighted by Crippen LogP contribution is -2.12. The van der Waals surface area contributed by atoms with Gasteiger partial charge in [-0.1, -0.05) is 29.8 Å². The molecule has 1 amide bonds. The van der Waals surface area contributed by atoms with Crippen LogP contribution in [0.25, 0.3) is 11.3 Å². The van der Waals surface area contributed by atoms with Gasteiger partial charge in [-0.05, 0) is 31.2 Å². The Morgan fingerprint density at radius 3 is 2.70 bits per heavy atom. The van der Waals surface area contributed by atoms with Crippen LogP contribution in [0.3, 0.4) is 0 Å². The first-order valence-electron chi connectivity index (χ1n) is 8.46. The molecule has 0 saturated heterocycles. The van der Waals surface area contributed by atoms with Crippen molar-refractivity contribution in [3.8, 4) is 17.3 Å². The van der Waals surface area contributed by atoms with Crippen molar-refractivity contribution in [1.82, 2.24) is 9.97 Å². The first-order valence-corrected chi connectivity index (χ1v) is 9.45. The second-order valence-corrected chi connectivity index (χ2v) is 7.00. The normalized spacial score (nSPS) is 10.2. The van der Waals surface area contributed by atoms with E-state index < -0.39 is 0 Å². The number of aryl methyl sites for hydroxylation is 1. The van der Waals surface area contributed by atoms with Crippen molar-refractivity contribution < 1.29 is 4.79 Å². The summed E-state index contributed by atoms with van der Waals surface area (Å²) in [6, 6.07) is 17.4. The summed E-state index contributed by atoms with van der Waals surface area (Å²) < 4.78 is 0. The molecule has 0 aliphatic heterocycles. The van der Waals surface area contributed by atoms with E-state index in [1.807, 2.05) is 37.3 Å². The molecule has 3 rings (SSSR count). The van der Waals surface area contributed by atoms with Gasteiger partial charge >= 0.3 is 0 Å². The molecule has 0 radical (unpaired) electrons. The predicted molar refractivity (Wildman–Crippen MR) is 107 cm³/mol. The molecule has 0 fully saturated rings. The van der Waals surface area contributed by atoms with E-state index in [4.69, 9.17) is 0 Å². The number of aromatic nitrogens is 2. The monoisotopic (exact) mass is 374 g/mol. The van der Waals surface area contributed by atoms with Gasteiger partial charge in [-0.2, -0.15) is 5.26 Å². The van der Waals surface area contributed by atoms with Crippen molar-refractivity contribution in [3.05, 3.63) is 72.1 Å². The van der Waals surface area contributed by atoms with Gasteiger partial charge in [-0.25, -0.2) is 4.98 Å². The van der Waals surface area contributed by atoms with Crippen LogP contribution in [0.2, 0.25) is 0 Å². The molecule has 2 heterocycles. The van der Waals surface area contributed by atoms with Crippen LogP contribution in [-0.4, -0.2) is 21.6 Å². The van der Waals surface area contributed by atoms with Crippen molar-refractivity contribution in [1.29, 1.82) is 5.26 Å². The summed E-state index contributed by atoms with van der Waals surface area (Å²) in [6.45, 7) is 2.04. The maximum absolute atomic E-state index is 12.0. The fraction of sp³-hybridized carbons (Fsp3) is 0.143. The predicted octanol–water partition coefficient (Wildman–Crippen LogP) is 4.44. The molecule has 0 bridgehead atoms. The second kappa shape index (κ2) is 8.97. The quantitative estimate of drug-likeness (QED) is 0.645. The number of anilines is 1. The average molecular weight is 374 g/mol. The third-order valence-electron chi connectivity index (χ3n) is 3.84. The van der Waals surface area contributed by atoms with Crippen LogP contribution >= 0.6 is 11.8 Å². The largest absolute Gasteiger partial charge is 0.325 e. The third kappa shape index (κ3) is 5.16. The highest BCUT2D eigenvalue weighted by molar-refractivity contribution is 7.99. The lowest BCUT2D eigenvalue weighted by molar-refractivity contribution is -0.115. The zero-order valence-corrected chi connectivity index (χ0v) is 15.7. The fourth-order valence-electron chi connectivity index (χ4n) is 2.42. The van der Waals surface area contributed by atoms with Gasteiger partial charge in [0.2, 0.25) is 5.91 Å². The lowest BCUT2D eigenvalue weighted by atomic mass is 10.1. The van der Waals surface area contributed by atoms with Crippen molar-refractivity contribution in [2.45, 2.75) is 18.4 Å². The molecule has 134 valence electrons. The highest BCUT2D eigenvalue weighted by Gasteiger charge is 2.10. The summed E-state index contributed by atoms with van der Waals surface area (Å²) >= 11 is 1.41. The molecule has 6 heteroatoms. The second-order valence-electron chi connectivity index (χ2n) is 5.92. The summed E-state index contributed by atoms with van der Waals surface area (Å²) in [6.07, 6.45) is 3.58. The number of nitrogens with zero attached hydrogens (tertiary/aromatic N) is 3. The van der Waals surface area contributed by atoms with Crippen LogP contribution in [0.5, 0.6) is 0 Å². The minimum absolute atomic E-state index is 0.0938. The Balaban J connectivity index is 1.65. The topological polar surface area (TPSA) is 78.7 Å². The molecular formula is C21H18N4OS. The fourth-order valence-corrected chi connectivity index (χ4v) is 3.33. The lowest BCUT2D eigenvalue weighted by Gasteiger charge is -2.08. The third-order valence-corrected chi connectivity index (χ3v) is 4.83. The molecular weight excluding hydrogens is 356 g/mol. The summed E-state index contributed by atoms with van der Waals surface area (Å²) in [5.74, 6) is 0.439. The van der Waals surface area contributed by atoms with Gasteiger partial charge in [0, 0.05) is 23.9 Å². The summed E-state index contributed by atoms with van der Waals surface area (Å²) in [5, 5.41) is 12.8. The average Bonchev–Trinajstić information content (AvgIpc) is 2.69. The summed E-state index contributed by atoms with van der Waals surface area (Å²) in [5.41, 5.74) is 4.19. The minimum Gasteiger partial charge on any atom is -0.325 e. The van der Waals surface area contributed by atoms with E-state index in [-0.39, 0.29) is 5.91 Å². The van der Waals surface area contributed by atoms with Crippen molar-refractivity contribution in [2.75, 3.05) is 11.1 Å². The number of rotatable bonds is 6. The van der Waals surface area contributed by atoms with E-state index in [1.54, 1.807) is 30.6 Å². The van der Waals surface area contributed by atoms with E-state index >= 15 is 0 Å². The molecule has 5 nitrogen and oxygen atoms in total. The molecule has 27 heavy (non-hydrogen) atoms. The van der Waals surface area contributed by atoms with E-state index in [9.17, 15) is 10.1 Å². The van der Waals surface area contributed by atoms with E-state index in [0.29, 0.717) is 28.5 Å². The highest BCUT2D eigenvalue weighted by Crippen LogP contribution is 2.26. The van der Waals surface area contributed by atoms with E-state index in [0.717, 1.165) is 11.3 Å². The number of carbonyl (C=O) groups excluding carboxylic acids is 1. The van der Waals surface area contributed by atoms with Gasteiger partial charge < -0.3 is 5.32 Å². The van der Waals surface area contributed by atoms with Gasteiger partial charge in [-0.3, -0.25) is 9.78 Å². The van der Waals surface area contributed by atoms with Crippen LogP contribution in [-0.2, 0) is 4.79 Å². The molecule has 1 aromatic carbocycles. The number of thioether (sulfide) groups is 1. The number of hydrogen-bond donors (Lipinski definition) is 1.